The van der Waals surface area contributed by atoms with Crippen molar-refractivity contribution in [3.05, 3.63) is 55.3 Å². The van der Waals surface area contributed by atoms with Crippen molar-refractivity contribution in [1.29, 1.82) is 0 Å². The average Bonchev–Trinajstić information content (AvgIpc) is 3.63. The van der Waals surface area contributed by atoms with Gasteiger partial charge in [-0.1, -0.05) is 45.6 Å². The van der Waals surface area contributed by atoms with Crippen molar-refractivity contribution >= 4 is 29.0 Å². The zero-order chi connectivity index (χ0) is 32.9. The molecule has 45 heavy (non-hydrogen) atoms. The van der Waals surface area contributed by atoms with Gasteiger partial charge in [0.05, 0.1) is 37.4 Å². The fourth-order valence-electron chi connectivity index (χ4n) is 5.54. The molecule has 2 amide bonds. The molecule has 13 heteroatoms. The number of hydrogen-bond donors (Lipinski definition) is 1. The fourth-order valence-corrected chi connectivity index (χ4v) is 5.54. The SMILES string of the molecule is C=CCO[C@@H]1CCC[C@H]1OC(=O)N[C@H](C(=O)N1C[C@H](Oc2nc3ccccc3nc2C(F)(F)C=C)C[C@H]1C(=O)OC)C(C)(C)C. The minimum Gasteiger partial charge on any atom is -0.471 e. The van der Waals surface area contributed by atoms with Crippen molar-refractivity contribution in [2.45, 2.75) is 82.8 Å². The Hall–Kier alpha value is -4.13. The van der Waals surface area contributed by atoms with Gasteiger partial charge in [-0.25, -0.2) is 19.6 Å². The van der Waals surface area contributed by atoms with Gasteiger partial charge in [0.15, 0.2) is 5.69 Å². The van der Waals surface area contributed by atoms with E-state index >= 15 is 0 Å². The molecule has 1 aliphatic heterocycles. The fraction of sp³-hybridized carbons (Fsp3) is 0.531. The van der Waals surface area contributed by atoms with Crippen molar-refractivity contribution in [3.8, 4) is 5.88 Å². The van der Waals surface area contributed by atoms with E-state index < -0.39 is 65.2 Å². The summed E-state index contributed by atoms with van der Waals surface area (Å²) in [4.78, 5) is 49.5. The number of benzene rings is 1. The van der Waals surface area contributed by atoms with E-state index in [4.69, 9.17) is 18.9 Å². The number of hydrogen-bond acceptors (Lipinski definition) is 9. The van der Waals surface area contributed by atoms with Crippen LogP contribution >= 0.6 is 0 Å². The maximum absolute atomic E-state index is 14.9. The zero-order valence-electron chi connectivity index (χ0n) is 26.0. The number of nitrogens with zero attached hydrogens (tertiary/aromatic N) is 3. The predicted molar refractivity (Wildman–Crippen MR) is 161 cm³/mol. The van der Waals surface area contributed by atoms with Crippen LogP contribution in [-0.4, -0.2) is 83.5 Å². The summed E-state index contributed by atoms with van der Waals surface area (Å²) >= 11 is 0. The summed E-state index contributed by atoms with van der Waals surface area (Å²) in [6.45, 7) is 12.3. The van der Waals surface area contributed by atoms with Gasteiger partial charge in [0.25, 0.3) is 0 Å². The van der Waals surface area contributed by atoms with E-state index in [1.807, 2.05) is 0 Å². The summed E-state index contributed by atoms with van der Waals surface area (Å²) in [5.74, 6) is -5.33. The number of rotatable bonds is 11. The van der Waals surface area contributed by atoms with Crippen molar-refractivity contribution in [1.82, 2.24) is 20.2 Å². The predicted octanol–water partition coefficient (Wildman–Crippen LogP) is 4.69. The third-order valence-electron chi connectivity index (χ3n) is 7.86. The zero-order valence-corrected chi connectivity index (χ0v) is 26.0. The number of aromatic nitrogens is 2. The van der Waals surface area contributed by atoms with Gasteiger partial charge >= 0.3 is 18.0 Å². The quantitative estimate of drug-likeness (QED) is 0.278. The molecule has 1 aliphatic carbocycles. The van der Waals surface area contributed by atoms with Gasteiger partial charge in [0, 0.05) is 6.42 Å². The molecule has 2 aliphatic rings. The molecule has 1 saturated carbocycles. The number of likely N-dealkylation sites (tertiary alicyclic amines) is 1. The van der Waals surface area contributed by atoms with Gasteiger partial charge in [-0.15, -0.1) is 6.58 Å². The Bertz CT molecular complexity index is 1430. The lowest BCUT2D eigenvalue weighted by molar-refractivity contribution is -0.152. The Labute approximate surface area is 260 Å². The number of allylic oxidation sites excluding steroid dienone is 1. The van der Waals surface area contributed by atoms with Crippen LogP contribution in [0.25, 0.3) is 11.0 Å². The Morgan fingerprint density at radius 2 is 1.78 bits per heavy atom. The second-order valence-corrected chi connectivity index (χ2v) is 12.2. The summed E-state index contributed by atoms with van der Waals surface area (Å²) < 4.78 is 52.1. The number of carbonyl (C=O) groups excluding carboxylic acids is 3. The monoisotopic (exact) mass is 630 g/mol. The standard InChI is InChI=1S/C32H40F2N4O7/c1-7-16-43-23-14-11-15-24(23)45-30(41)37-26(31(3,4)5)28(39)38-18-19(17-22(38)29(40)42-6)44-27-25(32(33,34)8-2)35-20-12-9-10-13-21(20)36-27/h7-10,12-13,19,22-24,26H,1-2,11,14-18H2,3-6H3,(H,37,41)/t19-,22+,23-,24-,26-/m1/s1. The van der Waals surface area contributed by atoms with Gasteiger partial charge in [-0.05, 0) is 42.9 Å². The van der Waals surface area contributed by atoms with E-state index in [-0.39, 0.29) is 24.6 Å². The molecule has 1 aromatic heterocycles. The first-order valence-electron chi connectivity index (χ1n) is 14.8. The van der Waals surface area contributed by atoms with Crippen LogP contribution in [-0.2, 0) is 29.7 Å². The Kier molecular flexibility index (Phi) is 10.4. The van der Waals surface area contributed by atoms with Crippen LogP contribution in [0.15, 0.2) is 49.6 Å². The lowest BCUT2D eigenvalue weighted by Crippen LogP contribution is -2.57. The molecule has 2 aromatic rings. The number of esters is 1. The normalized spacial score (nSPS) is 22.5. The molecule has 0 spiro atoms. The highest BCUT2D eigenvalue weighted by atomic mass is 19.3. The maximum atomic E-state index is 14.9. The van der Waals surface area contributed by atoms with E-state index in [2.05, 4.69) is 28.4 Å². The minimum atomic E-state index is -3.57. The van der Waals surface area contributed by atoms with Gasteiger partial charge in [-0.3, -0.25) is 4.79 Å². The molecular formula is C32H40F2N4O7. The van der Waals surface area contributed by atoms with Crippen LogP contribution in [0.5, 0.6) is 5.88 Å². The highest BCUT2D eigenvalue weighted by Crippen LogP contribution is 2.36. The highest BCUT2D eigenvalue weighted by molar-refractivity contribution is 5.91. The number of alkyl halides is 2. The smallest absolute Gasteiger partial charge is 0.408 e. The van der Waals surface area contributed by atoms with Crippen LogP contribution in [0.1, 0.15) is 52.1 Å². The van der Waals surface area contributed by atoms with Gasteiger partial charge in [-0.2, -0.15) is 8.78 Å². The van der Waals surface area contributed by atoms with Gasteiger partial charge < -0.3 is 29.2 Å². The van der Waals surface area contributed by atoms with Crippen LogP contribution in [0.4, 0.5) is 13.6 Å². The topological polar surface area (TPSA) is 129 Å². The number of amides is 2. The van der Waals surface area contributed by atoms with Crippen LogP contribution < -0.4 is 10.1 Å². The number of carbonyl (C=O) groups is 3. The summed E-state index contributed by atoms with van der Waals surface area (Å²) in [5.41, 5.74) is -0.997. The molecular weight excluding hydrogens is 590 g/mol. The molecule has 4 rings (SSSR count). The van der Waals surface area contributed by atoms with Gasteiger partial charge in [0.2, 0.25) is 11.8 Å². The average molecular weight is 631 g/mol. The Morgan fingerprint density at radius 3 is 2.40 bits per heavy atom. The molecule has 11 nitrogen and oxygen atoms in total. The van der Waals surface area contributed by atoms with Crippen molar-refractivity contribution < 1.29 is 42.1 Å². The molecule has 0 unspecified atom stereocenters. The van der Waals surface area contributed by atoms with Crippen molar-refractivity contribution in [2.75, 3.05) is 20.3 Å². The van der Waals surface area contributed by atoms with E-state index in [1.54, 1.807) is 51.1 Å². The number of fused-ring (bicyclic) bond motifs is 1. The summed E-state index contributed by atoms with van der Waals surface area (Å²) in [6, 6.07) is 4.24. The minimum absolute atomic E-state index is 0.0717. The Balaban J connectivity index is 1.56. The second kappa shape index (κ2) is 13.9. The lowest BCUT2D eigenvalue weighted by Gasteiger charge is -2.35. The summed E-state index contributed by atoms with van der Waals surface area (Å²) in [6.07, 6.45) is 1.65. The number of ether oxygens (including phenoxy) is 4. The Morgan fingerprint density at radius 1 is 1.11 bits per heavy atom. The van der Waals surface area contributed by atoms with E-state index in [0.717, 1.165) is 12.8 Å². The molecule has 5 atom stereocenters. The third-order valence-corrected chi connectivity index (χ3v) is 7.86. The maximum Gasteiger partial charge on any atom is 0.408 e. The first-order valence-corrected chi connectivity index (χ1v) is 14.8. The van der Waals surface area contributed by atoms with E-state index in [1.165, 1.54) is 12.0 Å². The van der Waals surface area contributed by atoms with E-state index in [9.17, 15) is 23.2 Å². The first kappa shape index (κ1) is 33.8. The van der Waals surface area contributed by atoms with Gasteiger partial charge in [0.1, 0.15) is 24.3 Å². The first-order chi connectivity index (χ1) is 21.3. The molecule has 1 saturated heterocycles. The van der Waals surface area contributed by atoms with Crippen molar-refractivity contribution in [3.63, 3.8) is 0 Å². The number of alkyl carbamates (subject to hydrolysis) is 1. The molecule has 244 valence electrons. The highest BCUT2D eigenvalue weighted by Gasteiger charge is 2.47. The van der Waals surface area contributed by atoms with E-state index in [0.29, 0.717) is 24.6 Å². The molecule has 0 radical (unpaired) electrons. The number of nitrogens with one attached hydrogen (secondary N) is 1. The molecule has 0 bridgehead atoms. The molecule has 2 heterocycles. The molecule has 1 N–H and O–H groups in total. The lowest BCUT2D eigenvalue weighted by atomic mass is 9.85. The number of para-hydroxylation sites is 2. The second-order valence-electron chi connectivity index (χ2n) is 12.2. The van der Waals surface area contributed by atoms with Crippen LogP contribution in [0, 0.1) is 5.41 Å². The van der Waals surface area contributed by atoms with Crippen LogP contribution in [0.3, 0.4) is 0 Å². The number of methoxy groups -OCH3 is 1. The van der Waals surface area contributed by atoms with Crippen LogP contribution in [0.2, 0.25) is 0 Å². The third kappa shape index (κ3) is 7.75. The summed E-state index contributed by atoms with van der Waals surface area (Å²) in [7, 11) is 1.18. The van der Waals surface area contributed by atoms with Crippen molar-refractivity contribution in [2.24, 2.45) is 5.41 Å². The summed E-state index contributed by atoms with van der Waals surface area (Å²) in [5, 5.41) is 2.68. The number of halogens is 2. The largest absolute Gasteiger partial charge is 0.471 e. The molecule has 1 aromatic carbocycles. The molecule has 2 fully saturated rings.